The van der Waals surface area contributed by atoms with Crippen LogP contribution >= 0.6 is 15.9 Å². The van der Waals surface area contributed by atoms with Gasteiger partial charge in [0.2, 0.25) is 0 Å². The number of benzene rings is 1. The van der Waals surface area contributed by atoms with Crippen molar-refractivity contribution in [2.45, 2.75) is 13.0 Å². The Morgan fingerprint density at radius 3 is 2.81 bits per heavy atom. The molecule has 5 nitrogen and oxygen atoms in total. The molecular formula is C15H13BrN2O3. The summed E-state index contributed by atoms with van der Waals surface area (Å²) in [5, 5.41) is 9.21. The number of hydrogen-bond acceptors (Lipinski definition) is 2. The van der Waals surface area contributed by atoms with Crippen molar-refractivity contribution in [1.82, 2.24) is 9.88 Å². The van der Waals surface area contributed by atoms with Crippen molar-refractivity contribution in [2.75, 3.05) is 6.54 Å². The molecule has 0 saturated carbocycles. The monoisotopic (exact) mass is 348 g/mol. The van der Waals surface area contributed by atoms with Crippen LogP contribution in [-0.2, 0) is 13.0 Å². The Bertz CT molecular complexity index is 723. The second-order valence-corrected chi connectivity index (χ2v) is 5.87. The number of carbonyl (C=O) groups excluding carboxylic acids is 1. The molecule has 0 radical (unpaired) electrons. The molecule has 0 aliphatic carbocycles. The van der Waals surface area contributed by atoms with Crippen LogP contribution in [0.1, 0.15) is 32.0 Å². The van der Waals surface area contributed by atoms with E-state index in [1.807, 2.05) is 6.07 Å². The predicted octanol–water partition coefficient (Wildman–Crippen LogP) is 2.67. The van der Waals surface area contributed by atoms with Gasteiger partial charge in [-0.25, -0.2) is 4.79 Å². The number of nitrogens with one attached hydrogen (secondary N) is 1. The predicted molar refractivity (Wildman–Crippen MR) is 80.3 cm³/mol. The van der Waals surface area contributed by atoms with Gasteiger partial charge in [0.05, 0.1) is 5.56 Å². The lowest BCUT2D eigenvalue weighted by atomic mass is 9.94. The molecule has 1 aromatic carbocycles. The third-order valence-corrected chi connectivity index (χ3v) is 4.12. The summed E-state index contributed by atoms with van der Waals surface area (Å²) in [5.41, 5.74) is 2.60. The molecular weight excluding hydrogens is 336 g/mol. The van der Waals surface area contributed by atoms with Crippen LogP contribution in [0.2, 0.25) is 0 Å². The van der Waals surface area contributed by atoms with Gasteiger partial charge >= 0.3 is 5.97 Å². The lowest BCUT2D eigenvalue weighted by molar-refractivity contribution is 0.0694. The summed E-state index contributed by atoms with van der Waals surface area (Å²) in [5.74, 6) is -0.994. The fourth-order valence-electron chi connectivity index (χ4n) is 2.64. The second-order valence-electron chi connectivity index (χ2n) is 4.96. The maximum absolute atomic E-state index is 12.4. The van der Waals surface area contributed by atoms with Gasteiger partial charge in [0.1, 0.15) is 5.69 Å². The molecule has 0 bridgehead atoms. The van der Waals surface area contributed by atoms with Gasteiger partial charge in [-0.2, -0.15) is 0 Å². The Kier molecular flexibility index (Phi) is 3.55. The van der Waals surface area contributed by atoms with E-state index in [4.69, 9.17) is 0 Å². The Labute approximate surface area is 129 Å². The van der Waals surface area contributed by atoms with E-state index < -0.39 is 5.97 Å². The molecule has 21 heavy (non-hydrogen) atoms. The molecule has 0 spiro atoms. The molecule has 0 unspecified atom stereocenters. The Morgan fingerprint density at radius 1 is 1.33 bits per heavy atom. The zero-order chi connectivity index (χ0) is 15.0. The first kappa shape index (κ1) is 13.9. The number of amides is 1. The molecule has 0 fully saturated rings. The first-order valence-corrected chi connectivity index (χ1v) is 7.33. The van der Waals surface area contributed by atoms with E-state index in [9.17, 15) is 14.7 Å². The van der Waals surface area contributed by atoms with Gasteiger partial charge in [-0.1, -0.05) is 12.1 Å². The summed E-state index contributed by atoms with van der Waals surface area (Å²) in [6.45, 7) is 0.957. The van der Waals surface area contributed by atoms with E-state index in [0.717, 1.165) is 15.6 Å². The summed E-state index contributed by atoms with van der Waals surface area (Å²) in [6.07, 6.45) is 2.28. The smallest absolute Gasteiger partial charge is 0.335 e. The Hall–Kier alpha value is -2.08. The summed E-state index contributed by atoms with van der Waals surface area (Å²) >= 11 is 3.31. The van der Waals surface area contributed by atoms with Gasteiger partial charge in [-0.05, 0) is 45.6 Å². The molecule has 1 aliphatic rings. The number of aromatic carboxylic acids is 1. The summed E-state index contributed by atoms with van der Waals surface area (Å²) in [4.78, 5) is 28.3. The SMILES string of the molecule is O=C(O)c1cccc2c1CCN(C(=O)c1cc(Br)c[nH]1)C2. The van der Waals surface area contributed by atoms with E-state index in [1.54, 1.807) is 29.3 Å². The maximum Gasteiger partial charge on any atom is 0.335 e. The van der Waals surface area contributed by atoms with Gasteiger partial charge < -0.3 is 15.0 Å². The zero-order valence-electron chi connectivity index (χ0n) is 11.1. The molecule has 2 heterocycles. The molecule has 108 valence electrons. The molecule has 0 saturated heterocycles. The number of fused-ring (bicyclic) bond motifs is 1. The van der Waals surface area contributed by atoms with Crippen molar-refractivity contribution < 1.29 is 14.7 Å². The van der Waals surface area contributed by atoms with Crippen molar-refractivity contribution >= 4 is 27.8 Å². The summed E-state index contributed by atoms with van der Waals surface area (Å²) in [7, 11) is 0. The number of carboxylic acid groups (broad SMARTS) is 1. The molecule has 3 rings (SSSR count). The number of hydrogen-bond donors (Lipinski definition) is 2. The van der Waals surface area contributed by atoms with Crippen molar-refractivity contribution in [2.24, 2.45) is 0 Å². The normalized spacial score (nSPS) is 13.9. The van der Waals surface area contributed by atoms with Crippen LogP contribution in [0.3, 0.4) is 0 Å². The quantitative estimate of drug-likeness (QED) is 0.876. The number of carbonyl (C=O) groups is 2. The van der Waals surface area contributed by atoms with Gasteiger partial charge in [0.25, 0.3) is 5.91 Å². The van der Waals surface area contributed by atoms with Crippen LogP contribution < -0.4 is 0 Å². The molecule has 2 aromatic rings. The minimum atomic E-state index is -0.917. The third-order valence-electron chi connectivity index (χ3n) is 3.66. The molecule has 0 atom stereocenters. The first-order chi connectivity index (χ1) is 10.1. The number of nitrogens with zero attached hydrogens (tertiary/aromatic N) is 1. The largest absolute Gasteiger partial charge is 0.478 e. The topological polar surface area (TPSA) is 73.4 Å². The minimum Gasteiger partial charge on any atom is -0.478 e. The van der Waals surface area contributed by atoms with Crippen LogP contribution in [0.4, 0.5) is 0 Å². The number of aromatic amines is 1. The molecule has 2 N–H and O–H groups in total. The van der Waals surface area contributed by atoms with Gasteiger partial charge in [-0.15, -0.1) is 0 Å². The Balaban J connectivity index is 1.86. The number of rotatable bonds is 2. The van der Waals surface area contributed by atoms with Crippen molar-refractivity contribution in [3.63, 3.8) is 0 Å². The lowest BCUT2D eigenvalue weighted by Crippen LogP contribution is -2.36. The Morgan fingerprint density at radius 2 is 2.14 bits per heavy atom. The van der Waals surface area contributed by atoms with Crippen molar-refractivity contribution in [1.29, 1.82) is 0 Å². The standard InChI is InChI=1S/C15H13BrN2O3/c16-10-6-13(17-7-10)14(19)18-5-4-11-9(8-18)2-1-3-12(11)15(20)21/h1-3,6-7,17H,4-5,8H2,(H,20,21). The van der Waals surface area contributed by atoms with Crippen molar-refractivity contribution in [3.05, 3.63) is 57.3 Å². The highest BCUT2D eigenvalue weighted by Crippen LogP contribution is 2.24. The van der Waals surface area contributed by atoms with Crippen LogP contribution in [0.5, 0.6) is 0 Å². The third kappa shape index (κ3) is 2.58. The first-order valence-electron chi connectivity index (χ1n) is 6.53. The highest BCUT2D eigenvalue weighted by Gasteiger charge is 2.25. The minimum absolute atomic E-state index is 0.0768. The highest BCUT2D eigenvalue weighted by atomic mass is 79.9. The van der Waals surface area contributed by atoms with E-state index in [-0.39, 0.29) is 5.91 Å². The number of aromatic nitrogens is 1. The number of carboxylic acids is 1. The fraction of sp³-hybridized carbons (Fsp3) is 0.200. The average Bonchev–Trinajstić information content (AvgIpc) is 2.91. The summed E-state index contributed by atoms with van der Waals surface area (Å²) < 4.78 is 0.830. The van der Waals surface area contributed by atoms with E-state index in [1.165, 1.54) is 0 Å². The van der Waals surface area contributed by atoms with E-state index in [2.05, 4.69) is 20.9 Å². The molecule has 1 aliphatic heterocycles. The molecule has 1 amide bonds. The summed E-state index contributed by atoms with van der Waals surface area (Å²) in [6, 6.07) is 6.96. The van der Waals surface area contributed by atoms with Crippen LogP contribution in [0, 0.1) is 0 Å². The van der Waals surface area contributed by atoms with Crippen LogP contribution in [-0.4, -0.2) is 33.4 Å². The van der Waals surface area contributed by atoms with Gasteiger partial charge in [0.15, 0.2) is 0 Å². The van der Waals surface area contributed by atoms with Crippen LogP contribution in [0.15, 0.2) is 34.9 Å². The zero-order valence-corrected chi connectivity index (χ0v) is 12.7. The fourth-order valence-corrected chi connectivity index (χ4v) is 2.99. The number of H-pyrrole nitrogens is 1. The van der Waals surface area contributed by atoms with E-state index >= 15 is 0 Å². The van der Waals surface area contributed by atoms with Crippen LogP contribution in [0.25, 0.3) is 0 Å². The van der Waals surface area contributed by atoms with Crippen molar-refractivity contribution in [3.8, 4) is 0 Å². The van der Waals surface area contributed by atoms with Gasteiger partial charge in [-0.3, -0.25) is 4.79 Å². The highest BCUT2D eigenvalue weighted by molar-refractivity contribution is 9.10. The van der Waals surface area contributed by atoms with E-state index in [0.29, 0.717) is 30.8 Å². The lowest BCUT2D eigenvalue weighted by Gasteiger charge is -2.29. The maximum atomic E-state index is 12.4. The van der Waals surface area contributed by atoms with Gasteiger partial charge in [0, 0.05) is 23.8 Å². The second kappa shape index (κ2) is 5.37. The number of halogens is 1. The molecule has 6 heteroatoms. The average molecular weight is 349 g/mol. The molecule has 1 aromatic heterocycles.